The van der Waals surface area contributed by atoms with Crippen LogP contribution in [0.5, 0.6) is 5.75 Å². The van der Waals surface area contributed by atoms with Crippen LogP contribution in [0.15, 0.2) is 29.8 Å². The van der Waals surface area contributed by atoms with Gasteiger partial charge in [0.2, 0.25) is 0 Å². The summed E-state index contributed by atoms with van der Waals surface area (Å²) in [6.45, 7) is 5.01. The Morgan fingerprint density at radius 3 is 2.36 bits per heavy atom. The van der Waals surface area contributed by atoms with Crippen LogP contribution in [-0.2, 0) is 20.7 Å². The molecule has 0 spiro atoms. The Balaban J connectivity index is 2.44. The molecule has 0 fully saturated rings. The summed E-state index contributed by atoms with van der Waals surface area (Å²) in [7, 11) is 0. The van der Waals surface area contributed by atoms with Gasteiger partial charge < -0.3 is 14.2 Å². The van der Waals surface area contributed by atoms with E-state index in [1.54, 1.807) is 45.0 Å². The summed E-state index contributed by atoms with van der Waals surface area (Å²) in [5, 5.41) is 18.3. The zero-order chi connectivity index (χ0) is 24.4. The van der Waals surface area contributed by atoms with E-state index in [0.29, 0.717) is 21.8 Å². The van der Waals surface area contributed by atoms with Gasteiger partial charge >= 0.3 is 11.9 Å². The number of ketones is 1. The predicted molar refractivity (Wildman–Crippen MR) is 121 cm³/mol. The Hall–Kier alpha value is -3.95. The van der Waals surface area contributed by atoms with E-state index in [2.05, 4.69) is 0 Å². The van der Waals surface area contributed by atoms with Gasteiger partial charge in [0.25, 0.3) is 0 Å². The largest absolute Gasteiger partial charge is 0.478 e. The van der Waals surface area contributed by atoms with Crippen molar-refractivity contribution in [2.24, 2.45) is 0 Å². The van der Waals surface area contributed by atoms with Gasteiger partial charge in [-0.3, -0.25) is 4.79 Å². The van der Waals surface area contributed by atoms with Crippen LogP contribution in [0.2, 0.25) is 0 Å². The number of nitriles is 2. The first-order chi connectivity index (χ1) is 15.9. The summed E-state index contributed by atoms with van der Waals surface area (Å²) < 4.78 is 15.5. The number of Topliss-reactive ketones (excluding diaryl/α,β-unsaturated/α-hetero) is 1. The van der Waals surface area contributed by atoms with Gasteiger partial charge in [-0.1, -0.05) is 18.2 Å². The van der Waals surface area contributed by atoms with Gasteiger partial charge in [0.1, 0.15) is 22.8 Å². The first-order valence-corrected chi connectivity index (χ1v) is 10.9. The molecule has 0 amide bonds. The summed E-state index contributed by atoms with van der Waals surface area (Å²) >= 11 is 0.972. The van der Waals surface area contributed by atoms with E-state index in [1.165, 1.54) is 6.08 Å². The molecule has 1 heterocycles. The molecule has 0 radical (unpaired) electrons. The molecule has 0 aliphatic carbocycles. The van der Waals surface area contributed by atoms with Crippen molar-refractivity contribution in [2.45, 2.75) is 27.2 Å². The number of carbonyl (C=O) groups excluding carboxylic acids is 3. The number of esters is 2. The van der Waals surface area contributed by atoms with Crippen LogP contribution in [0.3, 0.4) is 0 Å². The number of allylic oxidation sites excluding steroid dienone is 1. The molecular formula is C24H22N2O6S. The Morgan fingerprint density at radius 2 is 1.73 bits per heavy atom. The molecular weight excluding hydrogens is 444 g/mol. The molecule has 0 saturated heterocycles. The molecule has 8 nitrogen and oxygen atoms in total. The monoisotopic (exact) mass is 466 g/mol. The summed E-state index contributed by atoms with van der Waals surface area (Å²) in [6, 6.07) is 10.4. The van der Waals surface area contributed by atoms with Crippen molar-refractivity contribution in [1.82, 2.24) is 0 Å². The van der Waals surface area contributed by atoms with Gasteiger partial charge in [-0.05, 0) is 38.5 Å². The Kier molecular flexibility index (Phi) is 9.34. The van der Waals surface area contributed by atoms with Crippen LogP contribution >= 0.6 is 11.3 Å². The standard InChI is InChI=1S/C24H22N2O6S/c1-4-30-23(28)21-15(3)22(24(29)31-5-2)33-20(21)13-18(27)17(14-26)12-16-8-6-7-9-19(16)32-11-10-25/h6-9,12H,4-5,11,13H2,1-3H3/b17-12+. The lowest BCUT2D eigenvalue weighted by Crippen LogP contribution is -2.12. The Morgan fingerprint density at radius 1 is 1.06 bits per heavy atom. The first kappa shape index (κ1) is 25.3. The zero-order valence-electron chi connectivity index (χ0n) is 18.5. The summed E-state index contributed by atoms with van der Waals surface area (Å²) in [4.78, 5) is 38.3. The minimum Gasteiger partial charge on any atom is -0.478 e. The van der Waals surface area contributed by atoms with Crippen molar-refractivity contribution < 1.29 is 28.6 Å². The summed E-state index contributed by atoms with van der Waals surface area (Å²) in [6.07, 6.45) is 1.09. The van der Waals surface area contributed by atoms with Crippen LogP contribution in [-0.4, -0.2) is 37.5 Å². The van der Waals surface area contributed by atoms with E-state index >= 15 is 0 Å². The van der Waals surface area contributed by atoms with Crippen LogP contribution in [0.25, 0.3) is 6.08 Å². The van der Waals surface area contributed by atoms with Gasteiger partial charge in [0.05, 0.1) is 24.4 Å². The molecule has 0 unspecified atom stereocenters. The molecule has 33 heavy (non-hydrogen) atoms. The molecule has 2 rings (SSSR count). The second-order valence-electron chi connectivity index (χ2n) is 6.55. The fraction of sp³-hybridized carbons (Fsp3) is 0.292. The molecule has 0 bridgehead atoms. The van der Waals surface area contributed by atoms with Crippen LogP contribution in [0, 0.1) is 29.6 Å². The number of hydrogen-bond acceptors (Lipinski definition) is 9. The smallest absolute Gasteiger partial charge is 0.348 e. The molecule has 1 aromatic carbocycles. The van der Waals surface area contributed by atoms with Crippen molar-refractivity contribution in [3.05, 3.63) is 56.3 Å². The quantitative estimate of drug-likeness (QED) is 0.292. The Labute approximate surface area is 195 Å². The fourth-order valence-electron chi connectivity index (χ4n) is 2.97. The number of thiophene rings is 1. The molecule has 2 aromatic rings. The molecule has 170 valence electrons. The maximum absolute atomic E-state index is 13.0. The topological polar surface area (TPSA) is 126 Å². The third-order valence-corrected chi connectivity index (χ3v) is 5.68. The molecule has 0 atom stereocenters. The predicted octanol–water partition coefficient (Wildman–Crippen LogP) is 4.03. The van der Waals surface area contributed by atoms with Crippen molar-refractivity contribution in [2.75, 3.05) is 19.8 Å². The zero-order valence-corrected chi connectivity index (χ0v) is 19.3. The minimum absolute atomic E-state index is 0.124. The molecule has 0 saturated carbocycles. The minimum atomic E-state index is -0.651. The average Bonchev–Trinajstić information content (AvgIpc) is 3.12. The van der Waals surface area contributed by atoms with Crippen LogP contribution in [0.4, 0.5) is 0 Å². The fourth-order valence-corrected chi connectivity index (χ4v) is 4.16. The van der Waals surface area contributed by atoms with Crippen molar-refractivity contribution in [1.29, 1.82) is 10.5 Å². The highest BCUT2D eigenvalue weighted by Gasteiger charge is 2.28. The van der Waals surface area contributed by atoms with Gasteiger partial charge in [-0.25, -0.2) is 9.59 Å². The lowest BCUT2D eigenvalue weighted by molar-refractivity contribution is -0.114. The van der Waals surface area contributed by atoms with Gasteiger partial charge in [0.15, 0.2) is 12.4 Å². The number of nitrogens with zero attached hydrogens (tertiary/aromatic N) is 2. The van der Waals surface area contributed by atoms with E-state index in [4.69, 9.17) is 19.5 Å². The van der Waals surface area contributed by atoms with Crippen LogP contribution < -0.4 is 4.74 Å². The number of hydrogen-bond donors (Lipinski definition) is 0. The van der Waals surface area contributed by atoms with Gasteiger partial charge in [-0.15, -0.1) is 11.3 Å². The number of para-hydroxylation sites is 1. The van der Waals surface area contributed by atoms with E-state index in [0.717, 1.165) is 11.3 Å². The molecule has 0 N–H and O–H groups in total. The normalized spacial score (nSPS) is 10.6. The third-order valence-electron chi connectivity index (χ3n) is 4.41. The van der Waals surface area contributed by atoms with E-state index < -0.39 is 17.7 Å². The lowest BCUT2D eigenvalue weighted by Gasteiger charge is -2.07. The van der Waals surface area contributed by atoms with E-state index in [9.17, 15) is 19.6 Å². The SMILES string of the molecule is CCOC(=O)c1sc(CC(=O)/C(C#N)=C/c2ccccc2OCC#N)c(C(=O)OCC)c1C. The summed E-state index contributed by atoms with van der Waals surface area (Å²) in [5.41, 5.74) is 0.796. The van der Waals surface area contributed by atoms with Gasteiger partial charge in [-0.2, -0.15) is 10.5 Å². The van der Waals surface area contributed by atoms with E-state index in [1.807, 2.05) is 12.1 Å². The molecule has 1 aromatic heterocycles. The lowest BCUT2D eigenvalue weighted by atomic mass is 10.0. The number of benzene rings is 1. The molecule has 0 aliphatic rings. The van der Waals surface area contributed by atoms with Gasteiger partial charge in [0, 0.05) is 16.9 Å². The number of carbonyl (C=O) groups is 3. The van der Waals surface area contributed by atoms with Crippen molar-refractivity contribution >= 4 is 35.1 Å². The highest BCUT2D eigenvalue weighted by atomic mass is 32.1. The molecule has 9 heteroatoms. The Bertz CT molecular complexity index is 1170. The molecule has 0 aliphatic heterocycles. The second-order valence-corrected chi connectivity index (χ2v) is 7.65. The highest BCUT2D eigenvalue weighted by Crippen LogP contribution is 2.31. The average molecular weight is 467 g/mol. The van der Waals surface area contributed by atoms with E-state index in [-0.39, 0.29) is 42.3 Å². The highest BCUT2D eigenvalue weighted by molar-refractivity contribution is 7.14. The van der Waals surface area contributed by atoms with Crippen molar-refractivity contribution in [3.63, 3.8) is 0 Å². The maximum atomic E-state index is 13.0. The third kappa shape index (κ3) is 6.28. The van der Waals surface area contributed by atoms with Crippen LogP contribution in [0.1, 0.15) is 49.9 Å². The number of ether oxygens (including phenoxy) is 3. The number of rotatable bonds is 10. The summed E-state index contributed by atoms with van der Waals surface area (Å²) in [5.74, 6) is -1.44. The van der Waals surface area contributed by atoms with Crippen molar-refractivity contribution in [3.8, 4) is 17.9 Å². The first-order valence-electron chi connectivity index (χ1n) is 10.1. The second kappa shape index (κ2) is 12.2. The maximum Gasteiger partial charge on any atom is 0.348 e.